The van der Waals surface area contributed by atoms with Crippen molar-refractivity contribution in [2.75, 3.05) is 0 Å². The van der Waals surface area contributed by atoms with Crippen molar-refractivity contribution in [1.82, 2.24) is 5.32 Å². The van der Waals surface area contributed by atoms with Gasteiger partial charge in [0.05, 0.1) is 0 Å². The second-order valence-electron chi connectivity index (χ2n) is 3.74. The molecule has 0 saturated heterocycles. The van der Waals surface area contributed by atoms with Gasteiger partial charge in [-0.15, -0.1) is 0 Å². The van der Waals surface area contributed by atoms with Crippen LogP contribution in [0.25, 0.3) is 0 Å². The van der Waals surface area contributed by atoms with E-state index in [0.29, 0.717) is 6.04 Å². The third-order valence-corrected chi connectivity index (χ3v) is 2.51. The number of hydrogen-bond donors (Lipinski definition) is 1. The summed E-state index contributed by atoms with van der Waals surface area (Å²) >= 11 is 0. The van der Waals surface area contributed by atoms with Crippen molar-refractivity contribution in [3.05, 3.63) is 0 Å². The van der Waals surface area contributed by atoms with Crippen molar-refractivity contribution in [3.8, 4) is 0 Å². The highest BCUT2D eigenvalue weighted by Crippen LogP contribution is 2.16. The maximum absolute atomic E-state index is 10.8. The summed E-state index contributed by atoms with van der Waals surface area (Å²) in [4.78, 5) is 10.8. The Morgan fingerprint density at radius 1 is 1.08 bits per heavy atom. The molecule has 0 heterocycles. The average molecular weight is 169 g/mol. The van der Waals surface area contributed by atoms with Gasteiger partial charge >= 0.3 is 0 Å². The Morgan fingerprint density at radius 3 is 2.08 bits per heavy atom. The lowest BCUT2D eigenvalue weighted by Crippen LogP contribution is -2.33. The first-order chi connectivity index (χ1) is 5.79. The van der Waals surface area contributed by atoms with Gasteiger partial charge < -0.3 is 5.32 Å². The van der Waals surface area contributed by atoms with Crippen molar-refractivity contribution >= 4 is 5.91 Å². The highest BCUT2D eigenvalue weighted by Gasteiger charge is 2.11. The Labute approximate surface area is 74.7 Å². The number of carbonyl (C=O) groups is 1. The Balaban J connectivity index is 2.24. The normalized spacial score (nSPS) is 21.1. The maximum atomic E-state index is 10.8. The van der Waals surface area contributed by atoms with E-state index in [9.17, 15) is 4.79 Å². The van der Waals surface area contributed by atoms with E-state index in [1.807, 2.05) is 0 Å². The molecule has 1 saturated carbocycles. The Bertz CT molecular complexity index is 137. The van der Waals surface area contributed by atoms with Gasteiger partial charge in [0.1, 0.15) is 0 Å². The van der Waals surface area contributed by atoms with Crippen LogP contribution in [0.3, 0.4) is 0 Å². The van der Waals surface area contributed by atoms with Crippen LogP contribution in [0.1, 0.15) is 51.9 Å². The summed E-state index contributed by atoms with van der Waals surface area (Å²) < 4.78 is 0. The Morgan fingerprint density at radius 2 is 1.58 bits per heavy atom. The first-order valence-electron chi connectivity index (χ1n) is 5.06. The zero-order valence-electron chi connectivity index (χ0n) is 7.94. The predicted molar refractivity (Wildman–Crippen MR) is 49.9 cm³/mol. The largest absolute Gasteiger partial charge is 0.354 e. The number of carbonyl (C=O) groups excluding carboxylic acids is 1. The molecule has 1 amide bonds. The van der Waals surface area contributed by atoms with Gasteiger partial charge in [0.25, 0.3) is 0 Å². The van der Waals surface area contributed by atoms with E-state index in [2.05, 4.69) is 5.32 Å². The molecule has 0 aromatic carbocycles. The van der Waals surface area contributed by atoms with Crippen LogP contribution in [-0.2, 0) is 4.79 Å². The molecule has 1 fully saturated rings. The summed E-state index contributed by atoms with van der Waals surface area (Å²) in [7, 11) is 0. The summed E-state index contributed by atoms with van der Waals surface area (Å²) in [6.07, 6.45) is 8.99. The van der Waals surface area contributed by atoms with Gasteiger partial charge in [0.15, 0.2) is 0 Å². The molecule has 0 bridgehead atoms. The van der Waals surface area contributed by atoms with Crippen molar-refractivity contribution < 1.29 is 4.79 Å². The van der Waals surface area contributed by atoms with Crippen molar-refractivity contribution in [3.63, 3.8) is 0 Å². The van der Waals surface area contributed by atoms with Gasteiger partial charge in [0, 0.05) is 13.0 Å². The molecular formula is C10H19NO. The molecule has 1 rings (SSSR count). The van der Waals surface area contributed by atoms with Crippen LogP contribution in [0.15, 0.2) is 0 Å². The minimum Gasteiger partial charge on any atom is -0.354 e. The van der Waals surface area contributed by atoms with Crippen LogP contribution in [-0.4, -0.2) is 11.9 Å². The third-order valence-electron chi connectivity index (χ3n) is 2.51. The monoisotopic (exact) mass is 169 g/mol. The Hall–Kier alpha value is -0.530. The number of rotatable bonds is 1. The molecule has 0 radical (unpaired) electrons. The fourth-order valence-corrected chi connectivity index (χ4v) is 1.89. The number of hydrogen-bond acceptors (Lipinski definition) is 1. The van der Waals surface area contributed by atoms with Crippen LogP contribution in [0.5, 0.6) is 0 Å². The first kappa shape index (κ1) is 9.56. The maximum Gasteiger partial charge on any atom is 0.217 e. The molecule has 70 valence electrons. The molecule has 1 aliphatic carbocycles. The van der Waals surface area contributed by atoms with Crippen LogP contribution in [0.4, 0.5) is 0 Å². The third kappa shape index (κ3) is 3.74. The quantitative estimate of drug-likeness (QED) is 0.640. The lowest BCUT2D eigenvalue weighted by molar-refractivity contribution is -0.119. The summed E-state index contributed by atoms with van der Waals surface area (Å²) in [6.45, 7) is 1.61. The molecule has 1 N–H and O–H groups in total. The van der Waals surface area contributed by atoms with E-state index in [-0.39, 0.29) is 5.91 Å². The molecular weight excluding hydrogens is 150 g/mol. The van der Waals surface area contributed by atoms with Crippen LogP contribution >= 0.6 is 0 Å². The zero-order valence-corrected chi connectivity index (χ0v) is 7.94. The van der Waals surface area contributed by atoms with Gasteiger partial charge in [-0.25, -0.2) is 0 Å². The molecule has 1 aliphatic rings. The van der Waals surface area contributed by atoms with Gasteiger partial charge in [0.2, 0.25) is 5.91 Å². The van der Waals surface area contributed by atoms with Gasteiger partial charge in [-0.2, -0.15) is 0 Å². The van der Waals surface area contributed by atoms with Gasteiger partial charge in [-0.05, 0) is 12.8 Å². The summed E-state index contributed by atoms with van der Waals surface area (Å²) in [5.41, 5.74) is 0. The standard InChI is InChI=1S/C10H19NO/c1-9(12)11-10-7-5-3-2-4-6-8-10/h10H,2-8H2,1H3,(H,11,12). The van der Waals surface area contributed by atoms with Crippen LogP contribution in [0.2, 0.25) is 0 Å². The lowest BCUT2D eigenvalue weighted by Gasteiger charge is -2.19. The van der Waals surface area contributed by atoms with E-state index in [1.165, 1.54) is 44.9 Å². The van der Waals surface area contributed by atoms with Gasteiger partial charge in [-0.1, -0.05) is 32.1 Å². The van der Waals surface area contributed by atoms with E-state index in [0.717, 1.165) is 0 Å². The van der Waals surface area contributed by atoms with E-state index in [1.54, 1.807) is 6.92 Å². The van der Waals surface area contributed by atoms with E-state index < -0.39 is 0 Å². The fraction of sp³-hybridized carbons (Fsp3) is 0.900. The molecule has 2 nitrogen and oxygen atoms in total. The number of amides is 1. The average Bonchev–Trinajstić information content (AvgIpc) is 1.93. The topological polar surface area (TPSA) is 29.1 Å². The molecule has 2 heteroatoms. The van der Waals surface area contributed by atoms with Crippen LogP contribution < -0.4 is 5.32 Å². The fourth-order valence-electron chi connectivity index (χ4n) is 1.89. The minimum atomic E-state index is 0.126. The number of nitrogens with one attached hydrogen (secondary N) is 1. The lowest BCUT2D eigenvalue weighted by atomic mass is 9.97. The zero-order chi connectivity index (χ0) is 8.81. The molecule has 0 aromatic heterocycles. The highest BCUT2D eigenvalue weighted by atomic mass is 16.1. The minimum absolute atomic E-state index is 0.126. The smallest absolute Gasteiger partial charge is 0.217 e. The van der Waals surface area contributed by atoms with Crippen LogP contribution in [0, 0.1) is 0 Å². The first-order valence-corrected chi connectivity index (χ1v) is 5.06. The summed E-state index contributed by atoms with van der Waals surface area (Å²) in [5.74, 6) is 0.126. The van der Waals surface area contributed by atoms with Crippen molar-refractivity contribution in [2.45, 2.75) is 57.9 Å². The van der Waals surface area contributed by atoms with Crippen molar-refractivity contribution in [1.29, 1.82) is 0 Å². The summed E-state index contributed by atoms with van der Waals surface area (Å²) in [5, 5.41) is 3.01. The molecule has 0 unspecified atom stereocenters. The second-order valence-corrected chi connectivity index (χ2v) is 3.74. The van der Waals surface area contributed by atoms with E-state index >= 15 is 0 Å². The highest BCUT2D eigenvalue weighted by molar-refractivity contribution is 5.73. The molecule has 0 aliphatic heterocycles. The molecule has 0 atom stereocenters. The molecule has 12 heavy (non-hydrogen) atoms. The molecule has 0 aromatic rings. The molecule has 0 spiro atoms. The predicted octanol–water partition coefficient (Wildman–Crippen LogP) is 2.24. The van der Waals surface area contributed by atoms with Gasteiger partial charge in [-0.3, -0.25) is 4.79 Å². The van der Waals surface area contributed by atoms with Crippen molar-refractivity contribution in [2.24, 2.45) is 0 Å². The van der Waals surface area contributed by atoms with E-state index in [4.69, 9.17) is 0 Å². The Kier molecular flexibility index (Phi) is 4.12. The second kappa shape index (κ2) is 5.18. The summed E-state index contributed by atoms with van der Waals surface area (Å²) in [6, 6.07) is 0.461. The SMILES string of the molecule is CC(=O)NC1CCCCCCC1.